The normalized spacial score (nSPS) is 13.1. The topological polar surface area (TPSA) is 39.2 Å². The van der Waals surface area contributed by atoms with Crippen LogP contribution in [0.25, 0.3) is 0 Å². The lowest BCUT2D eigenvalue weighted by Crippen LogP contribution is -1.99. The largest absolute Gasteiger partial charge is 0.456 e. The molecule has 0 radical (unpaired) electrons. The van der Waals surface area contributed by atoms with Crippen molar-refractivity contribution in [3.05, 3.63) is 53.3 Å². The van der Waals surface area contributed by atoms with Crippen molar-refractivity contribution in [2.24, 2.45) is 0 Å². The highest BCUT2D eigenvalue weighted by atomic mass is 16.5. The summed E-state index contributed by atoms with van der Waals surface area (Å²) in [5.74, 6) is 1.55. The van der Waals surface area contributed by atoms with Crippen LogP contribution in [0, 0.1) is 0 Å². The zero-order valence-corrected chi connectivity index (χ0v) is 11.6. The van der Waals surface area contributed by atoms with Gasteiger partial charge in [-0.05, 0) is 54.7 Å². The number of hydrogen-bond acceptors (Lipinski definition) is 3. The Labute approximate surface area is 118 Å². The van der Waals surface area contributed by atoms with E-state index in [0.29, 0.717) is 17.9 Å². The van der Waals surface area contributed by atoms with E-state index >= 15 is 0 Å². The van der Waals surface area contributed by atoms with Gasteiger partial charge >= 0.3 is 0 Å². The van der Waals surface area contributed by atoms with Gasteiger partial charge in [0.2, 0.25) is 0 Å². The van der Waals surface area contributed by atoms with Crippen LogP contribution in [-0.4, -0.2) is 10.8 Å². The number of hydrogen-bond donors (Lipinski definition) is 0. The fourth-order valence-electron chi connectivity index (χ4n) is 2.53. The highest BCUT2D eigenvalue weighted by Crippen LogP contribution is 2.28. The first kappa shape index (κ1) is 12.9. The van der Waals surface area contributed by atoms with E-state index in [1.807, 2.05) is 13.0 Å². The molecule has 0 fully saturated rings. The molecule has 0 spiro atoms. The first-order valence-corrected chi connectivity index (χ1v) is 7.05. The van der Waals surface area contributed by atoms with E-state index in [4.69, 9.17) is 4.74 Å². The molecule has 3 nitrogen and oxygen atoms in total. The van der Waals surface area contributed by atoms with Gasteiger partial charge in [-0.3, -0.25) is 4.79 Å². The van der Waals surface area contributed by atoms with E-state index in [2.05, 4.69) is 17.1 Å². The number of pyridine rings is 1. The third kappa shape index (κ3) is 2.57. The Morgan fingerprint density at radius 1 is 1.15 bits per heavy atom. The molecular formula is C17H17NO2. The number of nitrogens with zero attached hydrogens (tertiary/aromatic N) is 1. The predicted octanol–water partition coefficient (Wildman–Crippen LogP) is 3.96. The van der Waals surface area contributed by atoms with Crippen molar-refractivity contribution in [3.63, 3.8) is 0 Å². The quantitative estimate of drug-likeness (QED) is 0.787. The minimum Gasteiger partial charge on any atom is -0.456 e. The molecule has 0 atom stereocenters. The average molecular weight is 267 g/mol. The summed E-state index contributed by atoms with van der Waals surface area (Å²) in [5, 5.41) is 0. The van der Waals surface area contributed by atoms with E-state index in [0.717, 1.165) is 12.2 Å². The van der Waals surface area contributed by atoms with Crippen LogP contribution < -0.4 is 4.74 Å². The van der Waals surface area contributed by atoms with Crippen LogP contribution in [0.15, 0.2) is 36.5 Å². The first-order chi connectivity index (χ1) is 9.76. The fraction of sp³-hybridized carbons (Fsp3) is 0.294. The molecule has 0 saturated heterocycles. The van der Waals surface area contributed by atoms with Crippen LogP contribution >= 0.6 is 0 Å². The van der Waals surface area contributed by atoms with Crippen LogP contribution in [0.3, 0.4) is 0 Å². The molecule has 2 aromatic rings. The predicted molar refractivity (Wildman–Crippen MR) is 77.4 cm³/mol. The minimum absolute atomic E-state index is 0.0501. The van der Waals surface area contributed by atoms with Gasteiger partial charge in [0.25, 0.3) is 0 Å². The van der Waals surface area contributed by atoms with Gasteiger partial charge in [0.15, 0.2) is 5.78 Å². The van der Waals surface area contributed by atoms with Crippen molar-refractivity contribution in [1.29, 1.82) is 0 Å². The zero-order chi connectivity index (χ0) is 13.9. The van der Waals surface area contributed by atoms with Crippen molar-refractivity contribution in [1.82, 2.24) is 4.98 Å². The number of rotatable bonds is 4. The summed E-state index contributed by atoms with van der Waals surface area (Å²) in [6.07, 6.45) is 5.61. The number of carbonyl (C=O) groups excluding carboxylic acids is 1. The van der Waals surface area contributed by atoms with E-state index in [1.54, 1.807) is 18.3 Å². The second kappa shape index (κ2) is 5.45. The maximum Gasteiger partial charge on any atom is 0.180 e. The molecule has 1 aliphatic rings. The van der Waals surface area contributed by atoms with Crippen molar-refractivity contribution in [3.8, 4) is 11.5 Å². The van der Waals surface area contributed by atoms with Gasteiger partial charge in [-0.2, -0.15) is 0 Å². The SMILES string of the molecule is CCC(=O)c1ccc(Oc2ccc3c(c2)CCC3)cn1. The number of aryl methyl sites for hydroxylation is 2. The molecule has 0 bridgehead atoms. The van der Waals surface area contributed by atoms with E-state index in [-0.39, 0.29) is 5.78 Å². The van der Waals surface area contributed by atoms with Crippen LogP contribution in [0.4, 0.5) is 0 Å². The molecule has 102 valence electrons. The summed E-state index contributed by atoms with van der Waals surface area (Å²) >= 11 is 0. The number of ketones is 1. The highest BCUT2D eigenvalue weighted by molar-refractivity contribution is 5.93. The number of Topliss-reactive ketones (excluding diaryl/α,β-unsaturated/α-hetero) is 1. The van der Waals surface area contributed by atoms with Gasteiger partial charge in [-0.25, -0.2) is 4.98 Å². The van der Waals surface area contributed by atoms with Crippen LogP contribution in [0.1, 0.15) is 41.4 Å². The Morgan fingerprint density at radius 2 is 1.95 bits per heavy atom. The lowest BCUT2D eigenvalue weighted by atomic mass is 10.1. The summed E-state index contributed by atoms with van der Waals surface area (Å²) < 4.78 is 5.80. The van der Waals surface area contributed by atoms with Crippen molar-refractivity contribution < 1.29 is 9.53 Å². The number of carbonyl (C=O) groups is 1. The molecule has 0 N–H and O–H groups in total. The first-order valence-electron chi connectivity index (χ1n) is 7.05. The van der Waals surface area contributed by atoms with Gasteiger partial charge in [0.1, 0.15) is 17.2 Å². The Hall–Kier alpha value is -2.16. The second-order valence-electron chi connectivity index (χ2n) is 5.04. The summed E-state index contributed by atoms with van der Waals surface area (Å²) in [6, 6.07) is 9.75. The van der Waals surface area contributed by atoms with Gasteiger partial charge < -0.3 is 4.74 Å². The molecule has 0 amide bonds. The molecule has 20 heavy (non-hydrogen) atoms. The number of ether oxygens (including phenoxy) is 1. The molecule has 3 rings (SSSR count). The Bertz CT molecular complexity index is 632. The summed E-state index contributed by atoms with van der Waals surface area (Å²) in [6.45, 7) is 1.83. The Balaban J connectivity index is 1.76. The smallest absolute Gasteiger partial charge is 0.180 e. The van der Waals surface area contributed by atoms with Crippen molar-refractivity contribution in [2.75, 3.05) is 0 Å². The standard InChI is InChI=1S/C17H17NO2/c1-2-17(19)16-9-8-15(11-18-16)20-14-7-6-12-4-3-5-13(12)10-14/h6-11H,2-5H2,1H3. The average Bonchev–Trinajstić information content (AvgIpc) is 2.95. The minimum atomic E-state index is 0.0501. The summed E-state index contributed by atoms with van der Waals surface area (Å²) in [5.41, 5.74) is 3.31. The third-order valence-electron chi connectivity index (χ3n) is 3.65. The highest BCUT2D eigenvalue weighted by Gasteiger charge is 2.11. The Morgan fingerprint density at radius 3 is 2.70 bits per heavy atom. The molecule has 3 heteroatoms. The van der Waals surface area contributed by atoms with Crippen molar-refractivity contribution >= 4 is 5.78 Å². The third-order valence-corrected chi connectivity index (χ3v) is 3.65. The van der Waals surface area contributed by atoms with Crippen molar-refractivity contribution in [2.45, 2.75) is 32.6 Å². The molecule has 1 heterocycles. The molecule has 0 unspecified atom stereocenters. The molecule has 1 aromatic heterocycles. The number of fused-ring (bicyclic) bond motifs is 1. The van der Waals surface area contributed by atoms with Crippen LogP contribution in [0.5, 0.6) is 11.5 Å². The second-order valence-corrected chi connectivity index (χ2v) is 5.04. The molecule has 0 saturated carbocycles. The fourth-order valence-corrected chi connectivity index (χ4v) is 2.53. The van der Waals surface area contributed by atoms with Gasteiger partial charge in [-0.15, -0.1) is 0 Å². The molecule has 1 aromatic carbocycles. The number of aromatic nitrogens is 1. The van der Waals surface area contributed by atoms with Crippen LogP contribution in [0.2, 0.25) is 0 Å². The lowest BCUT2D eigenvalue weighted by molar-refractivity contribution is 0.0983. The molecule has 0 aliphatic heterocycles. The van der Waals surface area contributed by atoms with Gasteiger partial charge in [0, 0.05) is 6.42 Å². The van der Waals surface area contributed by atoms with E-state index < -0.39 is 0 Å². The maximum atomic E-state index is 11.5. The monoisotopic (exact) mass is 267 g/mol. The van der Waals surface area contributed by atoms with Crippen LogP contribution in [-0.2, 0) is 12.8 Å². The lowest BCUT2D eigenvalue weighted by Gasteiger charge is -2.07. The maximum absolute atomic E-state index is 11.5. The van der Waals surface area contributed by atoms with E-state index in [9.17, 15) is 4.79 Å². The summed E-state index contributed by atoms with van der Waals surface area (Å²) in [7, 11) is 0. The molecular weight excluding hydrogens is 250 g/mol. The summed E-state index contributed by atoms with van der Waals surface area (Å²) in [4.78, 5) is 15.7. The van der Waals surface area contributed by atoms with Gasteiger partial charge in [0.05, 0.1) is 6.20 Å². The zero-order valence-electron chi connectivity index (χ0n) is 11.6. The molecule has 1 aliphatic carbocycles. The van der Waals surface area contributed by atoms with E-state index in [1.165, 1.54) is 24.0 Å². The van der Waals surface area contributed by atoms with Gasteiger partial charge in [-0.1, -0.05) is 13.0 Å². The number of benzene rings is 1. The Kier molecular flexibility index (Phi) is 3.50.